The van der Waals surface area contributed by atoms with Gasteiger partial charge in [0.2, 0.25) is 0 Å². The van der Waals surface area contributed by atoms with Crippen molar-refractivity contribution in [3.05, 3.63) is 48.6 Å². The van der Waals surface area contributed by atoms with E-state index in [4.69, 9.17) is 9.47 Å². The molecule has 21 heavy (non-hydrogen) atoms. The monoisotopic (exact) mass is 287 g/mol. The van der Waals surface area contributed by atoms with Crippen molar-refractivity contribution in [2.24, 2.45) is 5.92 Å². The summed E-state index contributed by atoms with van der Waals surface area (Å²) < 4.78 is 11.8. The molecule has 2 atom stereocenters. The third-order valence-corrected chi connectivity index (χ3v) is 4.67. The van der Waals surface area contributed by atoms with Gasteiger partial charge in [-0.3, -0.25) is 0 Å². The first-order chi connectivity index (χ1) is 10.3. The highest BCUT2D eigenvalue weighted by molar-refractivity contribution is 5.14. The van der Waals surface area contributed by atoms with Crippen LogP contribution in [0.5, 0.6) is 0 Å². The molecule has 114 valence electrons. The number of hydrogen-bond donors (Lipinski definition) is 1. The zero-order valence-corrected chi connectivity index (χ0v) is 12.6. The standard InChI is InChI=1S/C18H25NO2/c1-2-6-16-13-18(20-11-12-21-18)10-9-17(16)19-14-15-7-4-3-5-8-15/h2-5,7-8,16-17,19H,1,6,9-14H2/t16-,17-/m1/s1. The molecule has 1 spiro atoms. The van der Waals surface area contributed by atoms with E-state index in [1.165, 1.54) is 5.56 Å². The summed E-state index contributed by atoms with van der Waals surface area (Å²) in [6, 6.07) is 11.1. The Morgan fingerprint density at radius 3 is 2.71 bits per heavy atom. The van der Waals surface area contributed by atoms with Gasteiger partial charge in [-0.05, 0) is 24.3 Å². The summed E-state index contributed by atoms with van der Waals surface area (Å²) in [7, 11) is 0. The molecule has 1 N–H and O–H groups in total. The summed E-state index contributed by atoms with van der Waals surface area (Å²) >= 11 is 0. The van der Waals surface area contributed by atoms with E-state index in [0.717, 1.165) is 45.4 Å². The van der Waals surface area contributed by atoms with Crippen LogP contribution >= 0.6 is 0 Å². The van der Waals surface area contributed by atoms with Crippen molar-refractivity contribution in [1.82, 2.24) is 5.32 Å². The smallest absolute Gasteiger partial charge is 0.168 e. The fraction of sp³-hybridized carbons (Fsp3) is 0.556. The summed E-state index contributed by atoms with van der Waals surface area (Å²) in [5.74, 6) is 0.233. The second-order valence-electron chi connectivity index (χ2n) is 6.11. The van der Waals surface area contributed by atoms with Crippen molar-refractivity contribution >= 4 is 0 Å². The first-order valence-corrected chi connectivity index (χ1v) is 7.97. The lowest BCUT2D eigenvalue weighted by Gasteiger charge is -2.41. The summed E-state index contributed by atoms with van der Waals surface area (Å²) in [4.78, 5) is 0. The third-order valence-electron chi connectivity index (χ3n) is 4.67. The molecule has 1 heterocycles. The van der Waals surface area contributed by atoms with Crippen LogP contribution < -0.4 is 5.32 Å². The molecule has 3 rings (SSSR count). The van der Waals surface area contributed by atoms with Gasteiger partial charge in [0.15, 0.2) is 5.79 Å². The van der Waals surface area contributed by atoms with Crippen LogP contribution in [0.25, 0.3) is 0 Å². The molecular formula is C18H25NO2. The molecule has 0 radical (unpaired) electrons. The van der Waals surface area contributed by atoms with Crippen LogP contribution in [0.4, 0.5) is 0 Å². The van der Waals surface area contributed by atoms with Crippen molar-refractivity contribution in [3.63, 3.8) is 0 Å². The van der Waals surface area contributed by atoms with Crippen LogP contribution in [0, 0.1) is 5.92 Å². The van der Waals surface area contributed by atoms with Gasteiger partial charge >= 0.3 is 0 Å². The molecule has 0 bridgehead atoms. The summed E-state index contributed by atoms with van der Waals surface area (Å²) in [6.45, 7) is 6.32. The quantitative estimate of drug-likeness (QED) is 0.843. The van der Waals surface area contributed by atoms with Gasteiger partial charge in [-0.1, -0.05) is 36.4 Å². The van der Waals surface area contributed by atoms with E-state index in [1.807, 2.05) is 6.08 Å². The van der Waals surface area contributed by atoms with Crippen molar-refractivity contribution in [1.29, 1.82) is 0 Å². The number of nitrogens with one attached hydrogen (secondary N) is 1. The largest absolute Gasteiger partial charge is 0.348 e. The van der Waals surface area contributed by atoms with Crippen LogP contribution in [0.15, 0.2) is 43.0 Å². The number of hydrogen-bond acceptors (Lipinski definition) is 3. The molecule has 0 aromatic heterocycles. The van der Waals surface area contributed by atoms with Crippen molar-refractivity contribution < 1.29 is 9.47 Å². The Labute approximate surface area is 127 Å². The second-order valence-corrected chi connectivity index (χ2v) is 6.11. The minimum Gasteiger partial charge on any atom is -0.348 e. The summed E-state index contributed by atoms with van der Waals surface area (Å²) in [5, 5.41) is 3.72. The molecule has 3 nitrogen and oxygen atoms in total. The molecule has 1 saturated heterocycles. The Hall–Kier alpha value is -1.16. The van der Waals surface area contributed by atoms with E-state index in [9.17, 15) is 0 Å². The Morgan fingerprint density at radius 2 is 2.00 bits per heavy atom. The average Bonchev–Trinajstić information content (AvgIpc) is 2.96. The molecule has 1 saturated carbocycles. The van der Waals surface area contributed by atoms with E-state index >= 15 is 0 Å². The first kappa shape index (κ1) is 14.8. The van der Waals surface area contributed by atoms with Gasteiger partial charge in [0, 0.05) is 25.4 Å². The number of benzene rings is 1. The number of ether oxygens (including phenoxy) is 2. The van der Waals surface area contributed by atoms with Gasteiger partial charge in [-0.25, -0.2) is 0 Å². The molecule has 1 aromatic carbocycles. The van der Waals surface area contributed by atoms with Gasteiger partial charge in [0.05, 0.1) is 13.2 Å². The topological polar surface area (TPSA) is 30.5 Å². The van der Waals surface area contributed by atoms with E-state index < -0.39 is 0 Å². The van der Waals surface area contributed by atoms with Gasteiger partial charge in [-0.2, -0.15) is 0 Å². The van der Waals surface area contributed by atoms with Crippen molar-refractivity contribution in [2.75, 3.05) is 13.2 Å². The minimum atomic E-state index is -0.307. The van der Waals surface area contributed by atoms with E-state index in [-0.39, 0.29) is 5.79 Å². The fourth-order valence-electron chi connectivity index (χ4n) is 3.59. The zero-order chi connectivity index (χ0) is 14.5. The van der Waals surface area contributed by atoms with Crippen LogP contribution in [-0.2, 0) is 16.0 Å². The van der Waals surface area contributed by atoms with E-state index in [0.29, 0.717) is 12.0 Å². The summed E-state index contributed by atoms with van der Waals surface area (Å²) in [5.41, 5.74) is 1.34. The van der Waals surface area contributed by atoms with Crippen LogP contribution in [0.3, 0.4) is 0 Å². The Morgan fingerprint density at radius 1 is 1.24 bits per heavy atom. The lowest BCUT2D eigenvalue weighted by atomic mass is 9.78. The van der Waals surface area contributed by atoms with Gasteiger partial charge in [0.1, 0.15) is 0 Å². The molecule has 2 aliphatic rings. The molecule has 0 unspecified atom stereocenters. The lowest BCUT2D eigenvalue weighted by Crippen LogP contribution is -2.47. The Kier molecular flexibility index (Phi) is 4.73. The lowest BCUT2D eigenvalue weighted by molar-refractivity contribution is -0.190. The van der Waals surface area contributed by atoms with Crippen LogP contribution in [0.2, 0.25) is 0 Å². The van der Waals surface area contributed by atoms with Gasteiger partial charge < -0.3 is 14.8 Å². The maximum absolute atomic E-state index is 5.88. The highest BCUT2D eigenvalue weighted by atomic mass is 16.7. The first-order valence-electron chi connectivity index (χ1n) is 7.97. The molecule has 1 aliphatic carbocycles. The predicted octanol–water partition coefficient (Wildman–Crippen LogP) is 3.26. The van der Waals surface area contributed by atoms with Crippen molar-refractivity contribution in [3.8, 4) is 0 Å². The minimum absolute atomic E-state index is 0.307. The Balaban J connectivity index is 1.60. The molecule has 2 fully saturated rings. The highest BCUT2D eigenvalue weighted by Gasteiger charge is 2.44. The number of rotatable bonds is 5. The van der Waals surface area contributed by atoms with Crippen LogP contribution in [-0.4, -0.2) is 25.0 Å². The van der Waals surface area contributed by atoms with Gasteiger partial charge in [-0.15, -0.1) is 6.58 Å². The fourth-order valence-corrected chi connectivity index (χ4v) is 3.59. The molecule has 3 heteroatoms. The van der Waals surface area contributed by atoms with Gasteiger partial charge in [0.25, 0.3) is 0 Å². The van der Waals surface area contributed by atoms with Crippen molar-refractivity contribution in [2.45, 2.75) is 44.1 Å². The maximum atomic E-state index is 5.88. The molecule has 1 aliphatic heterocycles. The normalized spacial score (nSPS) is 27.8. The average molecular weight is 287 g/mol. The van der Waals surface area contributed by atoms with E-state index in [2.05, 4.69) is 42.2 Å². The summed E-state index contributed by atoms with van der Waals surface area (Å²) in [6.07, 6.45) is 6.11. The molecular weight excluding hydrogens is 262 g/mol. The maximum Gasteiger partial charge on any atom is 0.168 e. The second kappa shape index (κ2) is 6.73. The SMILES string of the molecule is C=CC[C@@H]1CC2(CC[C@H]1NCc1ccccc1)OCCO2. The number of allylic oxidation sites excluding steroid dienone is 1. The van der Waals surface area contributed by atoms with Crippen LogP contribution in [0.1, 0.15) is 31.2 Å². The molecule has 0 amide bonds. The molecule has 1 aromatic rings. The third kappa shape index (κ3) is 3.54. The van der Waals surface area contributed by atoms with E-state index in [1.54, 1.807) is 0 Å². The zero-order valence-electron chi connectivity index (χ0n) is 12.6. The highest BCUT2D eigenvalue weighted by Crippen LogP contribution is 2.40. The predicted molar refractivity (Wildman–Crippen MR) is 83.9 cm³/mol. The Bertz CT molecular complexity index is 454.